The molecular weight excluding hydrogens is 388 g/mol. The van der Waals surface area contributed by atoms with Crippen molar-refractivity contribution < 1.29 is 17.9 Å². The molecular formula is C18H17Cl2F3N2O. The number of benzene rings is 1. The number of ether oxygens (including phenoxy) is 1. The summed E-state index contributed by atoms with van der Waals surface area (Å²) in [6.45, 7) is 2.05. The van der Waals surface area contributed by atoms with Crippen LogP contribution in [-0.4, -0.2) is 24.7 Å². The van der Waals surface area contributed by atoms with E-state index in [1.165, 1.54) is 6.07 Å². The van der Waals surface area contributed by atoms with Crippen molar-refractivity contribution in [1.29, 1.82) is 0 Å². The molecule has 2 atom stereocenters. The number of nitrogens with zero attached hydrogens (tertiary/aromatic N) is 1. The van der Waals surface area contributed by atoms with Gasteiger partial charge in [0.15, 0.2) is 0 Å². The van der Waals surface area contributed by atoms with Crippen molar-refractivity contribution in [3.8, 4) is 5.88 Å². The maximum atomic E-state index is 12.5. The third-order valence-electron chi connectivity index (χ3n) is 4.51. The second-order valence-electron chi connectivity index (χ2n) is 6.22. The number of nitrogens with one attached hydrogen (secondary N) is 1. The molecule has 140 valence electrons. The summed E-state index contributed by atoms with van der Waals surface area (Å²) in [7, 11) is 0. The van der Waals surface area contributed by atoms with E-state index in [1.54, 1.807) is 6.07 Å². The number of halogens is 5. The Hall–Kier alpha value is -1.50. The Morgan fingerprint density at radius 2 is 1.92 bits per heavy atom. The Labute approximate surface area is 159 Å². The molecule has 0 saturated carbocycles. The van der Waals surface area contributed by atoms with Crippen LogP contribution in [0.15, 0.2) is 36.5 Å². The molecule has 8 heteroatoms. The minimum absolute atomic E-state index is 0.190. The second-order valence-corrected chi connectivity index (χ2v) is 7.03. The molecule has 3 nitrogen and oxygen atoms in total. The van der Waals surface area contributed by atoms with E-state index in [-0.39, 0.29) is 11.8 Å². The summed E-state index contributed by atoms with van der Waals surface area (Å²) < 4.78 is 43.1. The van der Waals surface area contributed by atoms with E-state index in [1.807, 2.05) is 12.1 Å². The van der Waals surface area contributed by atoms with Gasteiger partial charge in [0.1, 0.15) is 0 Å². The fraction of sp³-hybridized carbons (Fsp3) is 0.389. The predicted molar refractivity (Wildman–Crippen MR) is 94.9 cm³/mol. The highest BCUT2D eigenvalue weighted by atomic mass is 35.5. The molecule has 2 aromatic rings. The van der Waals surface area contributed by atoms with E-state index in [0.717, 1.165) is 37.3 Å². The Balaban J connectivity index is 1.56. The van der Waals surface area contributed by atoms with Gasteiger partial charge in [-0.3, -0.25) is 0 Å². The van der Waals surface area contributed by atoms with Gasteiger partial charge >= 0.3 is 6.18 Å². The van der Waals surface area contributed by atoms with Crippen LogP contribution in [-0.2, 0) is 6.18 Å². The highest BCUT2D eigenvalue weighted by Crippen LogP contribution is 2.34. The average molecular weight is 405 g/mol. The number of pyridine rings is 1. The quantitative estimate of drug-likeness (QED) is 0.745. The van der Waals surface area contributed by atoms with Gasteiger partial charge in [0.2, 0.25) is 5.88 Å². The largest absolute Gasteiger partial charge is 0.478 e. The lowest BCUT2D eigenvalue weighted by molar-refractivity contribution is -0.137. The van der Waals surface area contributed by atoms with Crippen LogP contribution in [0.4, 0.5) is 13.2 Å². The van der Waals surface area contributed by atoms with Gasteiger partial charge in [0, 0.05) is 24.7 Å². The lowest BCUT2D eigenvalue weighted by Crippen LogP contribution is -2.15. The standard InChI is InChI=1S/C18H17Cl2F3N2O/c19-15-3-1-11(7-16(15)20)14-10-24-8-12(14)5-6-26-17-4-2-13(9-25-17)18(21,22)23/h1-4,7,9,12,14,24H,5-6,8,10H2. The van der Waals surface area contributed by atoms with E-state index < -0.39 is 11.7 Å². The van der Waals surface area contributed by atoms with E-state index in [0.29, 0.717) is 22.6 Å². The summed E-state index contributed by atoms with van der Waals surface area (Å²) in [6.07, 6.45) is -2.86. The molecule has 1 saturated heterocycles. The van der Waals surface area contributed by atoms with Gasteiger partial charge in [-0.1, -0.05) is 29.3 Å². The summed E-state index contributed by atoms with van der Waals surface area (Å²) in [5.41, 5.74) is 0.326. The first-order valence-corrected chi connectivity index (χ1v) is 8.92. The van der Waals surface area contributed by atoms with Crippen LogP contribution in [0.2, 0.25) is 10.0 Å². The van der Waals surface area contributed by atoms with Crippen molar-refractivity contribution in [2.75, 3.05) is 19.7 Å². The molecule has 1 aromatic carbocycles. The molecule has 0 aliphatic carbocycles. The summed E-state index contributed by atoms with van der Waals surface area (Å²) in [4.78, 5) is 3.72. The Morgan fingerprint density at radius 3 is 2.58 bits per heavy atom. The van der Waals surface area contributed by atoms with Gasteiger partial charge in [-0.2, -0.15) is 13.2 Å². The molecule has 0 spiro atoms. The van der Waals surface area contributed by atoms with E-state index in [2.05, 4.69) is 10.3 Å². The number of alkyl halides is 3. The highest BCUT2D eigenvalue weighted by molar-refractivity contribution is 6.42. The fourth-order valence-electron chi connectivity index (χ4n) is 3.12. The lowest BCUT2D eigenvalue weighted by Gasteiger charge is -2.19. The van der Waals surface area contributed by atoms with E-state index >= 15 is 0 Å². The maximum Gasteiger partial charge on any atom is 0.417 e. The molecule has 0 amide bonds. The van der Waals surface area contributed by atoms with Gasteiger partial charge in [0.05, 0.1) is 22.2 Å². The SMILES string of the molecule is FC(F)(F)c1ccc(OCCC2CNCC2c2ccc(Cl)c(Cl)c2)nc1. The molecule has 0 bridgehead atoms. The second kappa shape index (κ2) is 8.03. The van der Waals surface area contributed by atoms with E-state index in [9.17, 15) is 13.2 Å². The maximum absolute atomic E-state index is 12.5. The van der Waals surface area contributed by atoms with E-state index in [4.69, 9.17) is 27.9 Å². The van der Waals surface area contributed by atoms with Gasteiger partial charge in [-0.05, 0) is 42.6 Å². The van der Waals surface area contributed by atoms with Crippen molar-refractivity contribution in [3.63, 3.8) is 0 Å². The number of hydrogen-bond acceptors (Lipinski definition) is 3. The van der Waals surface area contributed by atoms with Gasteiger partial charge < -0.3 is 10.1 Å². The molecule has 3 rings (SSSR count). The van der Waals surface area contributed by atoms with Crippen LogP contribution in [0.5, 0.6) is 5.88 Å². The third kappa shape index (κ3) is 4.61. The molecule has 2 unspecified atom stereocenters. The number of rotatable bonds is 5. The zero-order valence-corrected chi connectivity index (χ0v) is 15.2. The predicted octanol–water partition coefficient (Wildman–Crippen LogP) is 5.18. The van der Waals surface area contributed by atoms with Crippen molar-refractivity contribution in [3.05, 3.63) is 57.7 Å². The summed E-state index contributed by atoms with van der Waals surface area (Å²) in [6, 6.07) is 7.85. The highest BCUT2D eigenvalue weighted by Gasteiger charge is 2.31. The number of hydrogen-bond donors (Lipinski definition) is 1. The summed E-state index contributed by atoms with van der Waals surface area (Å²) in [5, 5.41) is 4.41. The van der Waals surface area contributed by atoms with Crippen molar-refractivity contribution in [2.24, 2.45) is 5.92 Å². The smallest absolute Gasteiger partial charge is 0.417 e. The van der Waals surface area contributed by atoms with Crippen LogP contribution in [0.25, 0.3) is 0 Å². The first kappa shape index (κ1) is 19.3. The van der Waals surface area contributed by atoms with Gasteiger partial charge in [-0.25, -0.2) is 4.98 Å². The number of aromatic nitrogens is 1. The van der Waals surface area contributed by atoms with Crippen molar-refractivity contribution >= 4 is 23.2 Å². The molecule has 26 heavy (non-hydrogen) atoms. The molecule has 1 N–H and O–H groups in total. The molecule has 1 fully saturated rings. The fourth-order valence-corrected chi connectivity index (χ4v) is 3.42. The topological polar surface area (TPSA) is 34.1 Å². The third-order valence-corrected chi connectivity index (χ3v) is 5.25. The zero-order valence-electron chi connectivity index (χ0n) is 13.7. The van der Waals surface area contributed by atoms with Crippen LogP contribution in [0.3, 0.4) is 0 Å². The van der Waals surface area contributed by atoms with Gasteiger partial charge in [0.25, 0.3) is 0 Å². The Morgan fingerprint density at radius 1 is 1.12 bits per heavy atom. The molecule has 1 aliphatic heterocycles. The summed E-state index contributed by atoms with van der Waals surface area (Å²) in [5.74, 6) is 0.811. The Kier molecular flexibility index (Phi) is 5.95. The van der Waals surface area contributed by atoms with Gasteiger partial charge in [-0.15, -0.1) is 0 Å². The average Bonchev–Trinajstić information content (AvgIpc) is 3.05. The first-order valence-electron chi connectivity index (χ1n) is 8.16. The lowest BCUT2D eigenvalue weighted by atomic mass is 9.87. The Bertz CT molecular complexity index is 753. The minimum atomic E-state index is -4.39. The van der Waals surface area contributed by atoms with Crippen molar-refractivity contribution in [1.82, 2.24) is 10.3 Å². The van der Waals surface area contributed by atoms with Crippen LogP contribution in [0, 0.1) is 5.92 Å². The van der Waals surface area contributed by atoms with Crippen LogP contribution >= 0.6 is 23.2 Å². The van der Waals surface area contributed by atoms with Crippen molar-refractivity contribution in [2.45, 2.75) is 18.5 Å². The molecule has 1 aliphatic rings. The molecule has 2 heterocycles. The molecule has 0 radical (unpaired) electrons. The minimum Gasteiger partial charge on any atom is -0.478 e. The van der Waals surface area contributed by atoms with Crippen LogP contribution < -0.4 is 10.1 Å². The zero-order chi connectivity index (χ0) is 18.7. The first-order chi connectivity index (χ1) is 12.3. The summed E-state index contributed by atoms with van der Waals surface area (Å²) >= 11 is 12.1. The monoisotopic (exact) mass is 404 g/mol. The van der Waals surface area contributed by atoms with Crippen LogP contribution in [0.1, 0.15) is 23.5 Å². The normalized spacial score (nSPS) is 20.3. The molecule has 1 aromatic heterocycles.